The third-order valence-electron chi connectivity index (χ3n) is 1.28. The SMILES string of the molecule is Cc1ccccc1.Sn1cnnn1. The number of nitrogens with zero attached hydrogens (tertiary/aromatic N) is 4. The summed E-state index contributed by atoms with van der Waals surface area (Å²) in [6.07, 6.45) is 1.39. The Morgan fingerprint density at radius 2 is 1.92 bits per heavy atom. The predicted molar refractivity (Wildman–Crippen MR) is 53.4 cm³/mol. The van der Waals surface area contributed by atoms with E-state index in [9.17, 15) is 0 Å². The van der Waals surface area contributed by atoms with Crippen molar-refractivity contribution >= 4 is 12.8 Å². The summed E-state index contributed by atoms with van der Waals surface area (Å²) >= 11 is 3.72. The zero-order valence-electron chi connectivity index (χ0n) is 7.20. The first-order chi connectivity index (χ1) is 6.29. The van der Waals surface area contributed by atoms with Gasteiger partial charge in [0.2, 0.25) is 0 Å². The molecule has 0 bridgehead atoms. The van der Waals surface area contributed by atoms with Gasteiger partial charge in [0, 0.05) is 0 Å². The van der Waals surface area contributed by atoms with Crippen LogP contribution in [0.3, 0.4) is 0 Å². The average Bonchev–Trinajstić information content (AvgIpc) is 2.58. The number of tetrazole rings is 1. The van der Waals surface area contributed by atoms with Gasteiger partial charge in [0.1, 0.15) is 0 Å². The van der Waals surface area contributed by atoms with Gasteiger partial charge in [0.15, 0.2) is 6.33 Å². The Bertz CT molecular complexity index is 319. The number of hydrogen-bond donors (Lipinski definition) is 1. The normalized spacial score (nSPS) is 8.77. The highest BCUT2D eigenvalue weighted by Gasteiger charge is 1.74. The van der Waals surface area contributed by atoms with Gasteiger partial charge in [-0.25, -0.2) is 0 Å². The highest BCUT2D eigenvalue weighted by molar-refractivity contribution is 7.78. The van der Waals surface area contributed by atoms with Gasteiger partial charge in [-0.15, -0.1) is 5.10 Å². The van der Waals surface area contributed by atoms with Gasteiger partial charge < -0.3 is 0 Å². The van der Waals surface area contributed by atoms with Gasteiger partial charge in [-0.1, -0.05) is 35.9 Å². The van der Waals surface area contributed by atoms with E-state index in [1.54, 1.807) is 0 Å². The van der Waals surface area contributed by atoms with Gasteiger partial charge in [-0.05, 0) is 30.2 Å². The first-order valence-corrected chi connectivity index (χ1v) is 4.13. The Balaban J connectivity index is 0.000000132. The molecule has 5 heteroatoms. The summed E-state index contributed by atoms with van der Waals surface area (Å²) in [5.41, 5.74) is 1.32. The van der Waals surface area contributed by atoms with E-state index >= 15 is 0 Å². The molecule has 68 valence electrons. The molecule has 0 amide bonds. The van der Waals surface area contributed by atoms with E-state index in [0.29, 0.717) is 0 Å². The summed E-state index contributed by atoms with van der Waals surface area (Å²) < 4.78 is 1.22. The highest BCUT2D eigenvalue weighted by atomic mass is 32.1. The third-order valence-corrected chi connectivity index (χ3v) is 1.46. The molecule has 0 unspecified atom stereocenters. The number of thiol groups is 1. The average molecular weight is 194 g/mol. The van der Waals surface area contributed by atoms with Crippen molar-refractivity contribution in [2.75, 3.05) is 0 Å². The van der Waals surface area contributed by atoms with Crippen molar-refractivity contribution < 1.29 is 0 Å². The monoisotopic (exact) mass is 194 g/mol. The first kappa shape index (κ1) is 9.73. The highest BCUT2D eigenvalue weighted by Crippen LogP contribution is 1.92. The number of benzene rings is 1. The summed E-state index contributed by atoms with van der Waals surface area (Å²) in [5.74, 6) is 0. The second-order valence-corrected chi connectivity index (χ2v) is 2.79. The van der Waals surface area contributed by atoms with Gasteiger partial charge in [-0.3, -0.25) is 0 Å². The maximum atomic E-state index is 3.72. The first-order valence-electron chi connectivity index (χ1n) is 3.73. The maximum absolute atomic E-state index is 3.72. The van der Waals surface area contributed by atoms with Gasteiger partial charge >= 0.3 is 0 Å². The number of aromatic nitrogens is 4. The fourth-order valence-corrected chi connectivity index (χ4v) is 0.773. The Morgan fingerprint density at radius 1 is 1.23 bits per heavy atom. The van der Waals surface area contributed by atoms with Crippen LogP contribution in [0, 0.1) is 6.92 Å². The molecule has 0 atom stereocenters. The van der Waals surface area contributed by atoms with Crippen LogP contribution in [0.15, 0.2) is 36.7 Å². The summed E-state index contributed by atoms with van der Waals surface area (Å²) in [6.45, 7) is 2.08. The van der Waals surface area contributed by atoms with Crippen LogP contribution in [0.25, 0.3) is 0 Å². The molecule has 0 fully saturated rings. The molecule has 1 aromatic carbocycles. The molecule has 0 saturated heterocycles. The fraction of sp³-hybridized carbons (Fsp3) is 0.125. The number of aryl methyl sites for hydroxylation is 1. The van der Waals surface area contributed by atoms with E-state index in [4.69, 9.17) is 0 Å². The number of hydrogen-bond acceptors (Lipinski definition) is 4. The van der Waals surface area contributed by atoms with Crippen LogP contribution >= 0.6 is 12.8 Å². The molecule has 13 heavy (non-hydrogen) atoms. The lowest BCUT2D eigenvalue weighted by Crippen LogP contribution is -1.77. The Labute approximate surface area is 82.1 Å². The molecule has 1 heterocycles. The molecule has 1 aromatic heterocycles. The van der Waals surface area contributed by atoms with Crippen molar-refractivity contribution in [1.29, 1.82) is 0 Å². The predicted octanol–water partition coefficient (Wildman–Crippen LogP) is 1.36. The molecule has 2 rings (SSSR count). The topological polar surface area (TPSA) is 43.6 Å². The van der Waals surface area contributed by atoms with Crippen molar-refractivity contribution in [1.82, 2.24) is 19.6 Å². The minimum atomic E-state index is 1.22. The van der Waals surface area contributed by atoms with Crippen LogP contribution in [0.5, 0.6) is 0 Å². The van der Waals surface area contributed by atoms with Crippen LogP contribution in [0.1, 0.15) is 5.56 Å². The van der Waals surface area contributed by atoms with Crippen LogP contribution in [-0.2, 0) is 0 Å². The van der Waals surface area contributed by atoms with E-state index in [1.807, 2.05) is 18.2 Å². The van der Waals surface area contributed by atoms with Crippen LogP contribution in [-0.4, -0.2) is 19.6 Å². The molecule has 2 aromatic rings. The molecule has 0 aliphatic carbocycles. The molecule has 0 saturated carbocycles. The lowest BCUT2D eigenvalue weighted by atomic mass is 10.2. The van der Waals surface area contributed by atoms with E-state index in [0.717, 1.165) is 0 Å². The van der Waals surface area contributed by atoms with E-state index in [-0.39, 0.29) is 0 Å². The Hall–Kier alpha value is -1.36. The zero-order chi connectivity index (χ0) is 9.52. The molecule has 4 nitrogen and oxygen atoms in total. The smallest absolute Gasteiger partial charge is 0.150 e. The van der Waals surface area contributed by atoms with Crippen molar-refractivity contribution in [2.24, 2.45) is 0 Å². The summed E-state index contributed by atoms with van der Waals surface area (Å²) in [7, 11) is 0. The van der Waals surface area contributed by atoms with Crippen LogP contribution in [0.4, 0.5) is 0 Å². The maximum Gasteiger partial charge on any atom is 0.150 e. The van der Waals surface area contributed by atoms with E-state index in [1.165, 1.54) is 16.0 Å². The molecule has 0 N–H and O–H groups in total. The quantitative estimate of drug-likeness (QED) is 0.644. The molecule has 0 radical (unpaired) electrons. The second-order valence-electron chi connectivity index (χ2n) is 2.38. The molecular formula is C8H10N4S. The third kappa shape index (κ3) is 4.27. The van der Waals surface area contributed by atoms with Crippen molar-refractivity contribution in [3.8, 4) is 0 Å². The molecule has 0 aliphatic rings. The molecule has 0 aliphatic heterocycles. The largest absolute Gasteiger partial charge is 0.177 e. The lowest BCUT2D eigenvalue weighted by Gasteiger charge is -1.82. The minimum absolute atomic E-state index is 1.22. The summed E-state index contributed by atoms with van der Waals surface area (Å²) in [4.78, 5) is 0. The second kappa shape index (κ2) is 5.31. The van der Waals surface area contributed by atoms with Crippen LogP contribution in [0.2, 0.25) is 0 Å². The minimum Gasteiger partial charge on any atom is -0.177 e. The Morgan fingerprint density at radius 3 is 2.15 bits per heavy atom. The zero-order valence-corrected chi connectivity index (χ0v) is 8.09. The Kier molecular flexibility index (Phi) is 3.98. The lowest BCUT2D eigenvalue weighted by molar-refractivity contribution is 0.857. The van der Waals surface area contributed by atoms with Gasteiger partial charge in [0.05, 0.1) is 0 Å². The van der Waals surface area contributed by atoms with E-state index < -0.39 is 0 Å². The van der Waals surface area contributed by atoms with Gasteiger partial charge in [0.25, 0.3) is 0 Å². The standard InChI is InChI=1S/C7H8.CH2N4S/c1-7-5-3-2-4-6-7;6-5-1-2-3-4-5/h2-6H,1H3;1,6H. The van der Waals surface area contributed by atoms with E-state index in [2.05, 4.69) is 47.4 Å². The molecular weight excluding hydrogens is 184 g/mol. The van der Waals surface area contributed by atoms with Gasteiger partial charge in [-0.2, -0.15) is 4.09 Å². The van der Waals surface area contributed by atoms with Crippen molar-refractivity contribution in [3.63, 3.8) is 0 Å². The summed E-state index contributed by atoms with van der Waals surface area (Å²) in [6, 6.07) is 10.3. The summed E-state index contributed by atoms with van der Waals surface area (Å²) in [5, 5.41) is 9.89. The van der Waals surface area contributed by atoms with Crippen LogP contribution < -0.4 is 0 Å². The van der Waals surface area contributed by atoms with Crippen molar-refractivity contribution in [2.45, 2.75) is 6.92 Å². The number of rotatable bonds is 0. The van der Waals surface area contributed by atoms with Crippen molar-refractivity contribution in [3.05, 3.63) is 42.2 Å². The molecule has 0 spiro atoms. The fourth-order valence-electron chi connectivity index (χ4n) is 0.691.